The fraction of sp³-hybridized carbons (Fsp3) is 0.133. The second-order valence-electron chi connectivity index (χ2n) is 4.42. The Hall–Kier alpha value is -2.49. The van der Waals surface area contributed by atoms with E-state index in [9.17, 15) is 26.3 Å². The molecule has 0 heterocycles. The molecule has 0 aromatic heterocycles. The lowest BCUT2D eigenvalue weighted by atomic mass is 10.0. The van der Waals surface area contributed by atoms with Crippen LogP contribution in [-0.4, -0.2) is 0 Å². The minimum atomic E-state index is -4.71. The van der Waals surface area contributed by atoms with Crippen LogP contribution in [0.15, 0.2) is 42.5 Å². The molecule has 0 unspecified atom stereocenters. The fourth-order valence-electron chi connectivity index (χ4n) is 1.89. The Morgan fingerprint density at radius 2 is 1.27 bits per heavy atom. The summed E-state index contributed by atoms with van der Waals surface area (Å²) in [5.41, 5.74) is -2.25. The van der Waals surface area contributed by atoms with E-state index in [-0.39, 0.29) is 11.1 Å². The quantitative estimate of drug-likeness (QED) is 0.453. The predicted molar refractivity (Wildman–Crippen MR) is 68.1 cm³/mol. The third kappa shape index (κ3) is 3.22. The molecular formula is C15H7F6N. The molecule has 1 nitrogen and oxygen atoms in total. The van der Waals surface area contributed by atoms with E-state index in [1.165, 1.54) is 6.07 Å². The summed E-state index contributed by atoms with van der Waals surface area (Å²) >= 11 is 0. The van der Waals surface area contributed by atoms with Gasteiger partial charge in [-0.05, 0) is 23.3 Å². The molecule has 7 heteroatoms. The molecular weight excluding hydrogens is 308 g/mol. The van der Waals surface area contributed by atoms with Gasteiger partial charge in [-0.1, -0.05) is 30.3 Å². The molecule has 22 heavy (non-hydrogen) atoms. The number of rotatable bonds is 1. The van der Waals surface area contributed by atoms with Crippen LogP contribution in [0.4, 0.5) is 32.0 Å². The summed E-state index contributed by atoms with van der Waals surface area (Å²) in [6, 6.07) is 6.81. The van der Waals surface area contributed by atoms with Gasteiger partial charge in [-0.3, -0.25) is 0 Å². The normalized spacial score (nSPS) is 12.0. The minimum absolute atomic E-state index is 0.0912. The summed E-state index contributed by atoms with van der Waals surface area (Å²) in [4.78, 5) is 2.80. The van der Waals surface area contributed by atoms with Crippen molar-refractivity contribution in [2.45, 2.75) is 12.4 Å². The van der Waals surface area contributed by atoms with Crippen LogP contribution in [0.5, 0.6) is 0 Å². The van der Waals surface area contributed by atoms with Gasteiger partial charge in [0, 0.05) is 0 Å². The van der Waals surface area contributed by atoms with Crippen molar-refractivity contribution in [2.75, 3.05) is 0 Å². The molecule has 0 fully saturated rings. The molecule has 0 aliphatic heterocycles. The average molecular weight is 315 g/mol. The van der Waals surface area contributed by atoms with Crippen molar-refractivity contribution in [3.8, 4) is 11.1 Å². The highest BCUT2D eigenvalue weighted by Crippen LogP contribution is 2.39. The van der Waals surface area contributed by atoms with E-state index in [1.54, 1.807) is 0 Å². The highest BCUT2D eigenvalue weighted by Gasteiger charge is 2.34. The van der Waals surface area contributed by atoms with Crippen LogP contribution in [0.1, 0.15) is 11.1 Å². The molecule has 0 saturated heterocycles. The van der Waals surface area contributed by atoms with Crippen LogP contribution < -0.4 is 0 Å². The Labute approximate surface area is 121 Å². The zero-order chi connectivity index (χ0) is 16.5. The summed E-state index contributed by atoms with van der Waals surface area (Å²) < 4.78 is 76.0. The van der Waals surface area contributed by atoms with E-state index in [0.717, 1.165) is 36.4 Å². The van der Waals surface area contributed by atoms with Gasteiger partial charge in [0.25, 0.3) is 0 Å². The number of nitrogens with zero attached hydrogens (tertiary/aromatic N) is 1. The Morgan fingerprint density at radius 1 is 0.727 bits per heavy atom. The molecule has 0 bridgehead atoms. The van der Waals surface area contributed by atoms with E-state index in [1.807, 2.05) is 0 Å². The Balaban J connectivity index is 2.48. The number of hydrogen-bond donors (Lipinski definition) is 0. The third-order valence-corrected chi connectivity index (χ3v) is 2.97. The first-order valence-corrected chi connectivity index (χ1v) is 5.89. The maximum Gasteiger partial charge on any atom is 0.416 e. The average Bonchev–Trinajstić information content (AvgIpc) is 2.45. The van der Waals surface area contributed by atoms with E-state index in [0.29, 0.717) is 0 Å². The predicted octanol–water partition coefficient (Wildman–Crippen LogP) is 5.94. The van der Waals surface area contributed by atoms with Gasteiger partial charge < -0.3 is 0 Å². The molecule has 2 rings (SSSR count). The van der Waals surface area contributed by atoms with Crippen LogP contribution in [0.2, 0.25) is 0 Å². The molecule has 2 aromatic carbocycles. The van der Waals surface area contributed by atoms with Crippen molar-refractivity contribution in [2.24, 2.45) is 0 Å². The largest absolute Gasteiger partial charge is 0.416 e. The van der Waals surface area contributed by atoms with Gasteiger partial charge in [0.15, 0.2) is 5.69 Å². The molecule has 0 atom stereocenters. The molecule has 0 spiro atoms. The van der Waals surface area contributed by atoms with Gasteiger partial charge in [0.05, 0.1) is 17.7 Å². The molecule has 0 aliphatic rings. The SMILES string of the molecule is [C-]#[N+]c1ccc(-c2ccc(C(F)(F)F)cc2)cc1C(F)(F)F. The van der Waals surface area contributed by atoms with Gasteiger partial charge in [-0.15, -0.1) is 0 Å². The summed E-state index contributed by atoms with van der Waals surface area (Å²) in [6.45, 7) is 6.74. The van der Waals surface area contributed by atoms with Crippen molar-refractivity contribution in [3.63, 3.8) is 0 Å². The first-order valence-electron chi connectivity index (χ1n) is 5.89. The van der Waals surface area contributed by atoms with Crippen molar-refractivity contribution in [1.29, 1.82) is 0 Å². The smallest absolute Gasteiger partial charge is 0.238 e. The molecule has 0 amide bonds. The number of benzene rings is 2. The number of alkyl halides is 6. The Morgan fingerprint density at radius 3 is 1.73 bits per heavy atom. The second kappa shape index (κ2) is 5.37. The van der Waals surface area contributed by atoms with Crippen molar-refractivity contribution >= 4 is 5.69 Å². The van der Waals surface area contributed by atoms with Gasteiger partial charge in [-0.25, -0.2) is 4.85 Å². The molecule has 0 N–H and O–H groups in total. The first kappa shape index (κ1) is 15.9. The highest BCUT2D eigenvalue weighted by molar-refractivity contribution is 5.69. The van der Waals surface area contributed by atoms with E-state index in [4.69, 9.17) is 6.57 Å². The summed E-state index contributed by atoms with van der Waals surface area (Å²) in [6.07, 6.45) is -9.22. The van der Waals surface area contributed by atoms with E-state index in [2.05, 4.69) is 4.85 Å². The lowest BCUT2D eigenvalue weighted by molar-refractivity contribution is -0.138. The number of hydrogen-bond acceptors (Lipinski definition) is 0. The highest BCUT2D eigenvalue weighted by atomic mass is 19.4. The van der Waals surface area contributed by atoms with Crippen molar-refractivity contribution in [1.82, 2.24) is 0 Å². The first-order chi connectivity index (χ1) is 10.1. The minimum Gasteiger partial charge on any atom is -0.238 e. The standard InChI is InChI=1S/C15H7F6N/c1-22-13-7-4-10(8-12(13)15(19,20)21)9-2-5-11(6-3-9)14(16,17)18/h2-8H. The Bertz CT molecular complexity index is 720. The zero-order valence-corrected chi connectivity index (χ0v) is 10.8. The van der Waals surface area contributed by atoms with E-state index < -0.39 is 29.2 Å². The lowest BCUT2D eigenvalue weighted by Gasteiger charge is -2.12. The summed E-state index contributed by atoms with van der Waals surface area (Å²) in [5, 5.41) is 0. The van der Waals surface area contributed by atoms with Gasteiger partial charge in [-0.2, -0.15) is 26.3 Å². The van der Waals surface area contributed by atoms with Crippen LogP contribution in [0.25, 0.3) is 16.0 Å². The van der Waals surface area contributed by atoms with Crippen LogP contribution >= 0.6 is 0 Å². The lowest BCUT2D eigenvalue weighted by Crippen LogP contribution is -2.05. The van der Waals surface area contributed by atoms with Crippen LogP contribution in [0.3, 0.4) is 0 Å². The van der Waals surface area contributed by atoms with Crippen molar-refractivity contribution in [3.05, 3.63) is 65.0 Å². The van der Waals surface area contributed by atoms with Gasteiger partial charge in [0.2, 0.25) is 0 Å². The molecule has 0 saturated carbocycles. The van der Waals surface area contributed by atoms with Crippen LogP contribution in [0, 0.1) is 6.57 Å². The summed E-state index contributed by atoms with van der Waals surface area (Å²) in [7, 11) is 0. The van der Waals surface area contributed by atoms with Crippen molar-refractivity contribution < 1.29 is 26.3 Å². The monoisotopic (exact) mass is 315 g/mol. The van der Waals surface area contributed by atoms with Gasteiger partial charge in [0.1, 0.15) is 0 Å². The maximum absolute atomic E-state index is 12.9. The third-order valence-electron chi connectivity index (χ3n) is 2.97. The molecule has 0 radical (unpaired) electrons. The Kier molecular flexibility index (Phi) is 3.88. The second-order valence-corrected chi connectivity index (χ2v) is 4.42. The fourth-order valence-corrected chi connectivity index (χ4v) is 1.89. The number of halogens is 6. The van der Waals surface area contributed by atoms with Gasteiger partial charge >= 0.3 is 12.4 Å². The maximum atomic E-state index is 12.9. The molecule has 0 aliphatic carbocycles. The zero-order valence-electron chi connectivity index (χ0n) is 10.8. The van der Waals surface area contributed by atoms with Crippen LogP contribution in [-0.2, 0) is 12.4 Å². The molecule has 2 aromatic rings. The molecule has 114 valence electrons. The topological polar surface area (TPSA) is 4.36 Å². The van der Waals surface area contributed by atoms with E-state index >= 15 is 0 Å². The summed E-state index contributed by atoms with van der Waals surface area (Å²) in [5.74, 6) is 0.